The summed E-state index contributed by atoms with van der Waals surface area (Å²) in [6.45, 7) is 0. The Morgan fingerprint density at radius 1 is 1.28 bits per heavy atom. The van der Waals surface area contributed by atoms with Crippen molar-refractivity contribution in [1.29, 1.82) is 0 Å². The molecule has 0 amide bonds. The van der Waals surface area contributed by atoms with Crippen LogP contribution >= 0.6 is 15.9 Å². The Balaban J connectivity index is 2.40. The van der Waals surface area contributed by atoms with Gasteiger partial charge in [-0.2, -0.15) is 13.2 Å². The fraction of sp³-hybridized carbons (Fsp3) is 1.00. The molecule has 108 valence electrons. The van der Waals surface area contributed by atoms with E-state index in [-0.39, 0.29) is 18.4 Å². The molecule has 0 saturated heterocycles. The van der Waals surface area contributed by atoms with Crippen LogP contribution in [0.5, 0.6) is 0 Å². The van der Waals surface area contributed by atoms with Gasteiger partial charge in [0, 0.05) is 17.8 Å². The molecule has 2 unspecified atom stereocenters. The molecule has 1 rings (SSSR count). The Hall–Kier alpha value is 0.180. The minimum atomic E-state index is -4.29. The third-order valence-electron chi connectivity index (χ3n) is 3.06. The van der Waals surface area contributed by atoms with E-state index in [1.165, 1.54) is 0 Å². The largest absolute Gasteiger partial charge is 0.389 e. The van der Waals surface area contributed by atoms with Crippen LogP contribution in [-0.2, 0) is 10.0 Å². The van der Waals surface area contributed by atoms with Crippen LogP contribution in [0.2, 0.25) is 0 Å². The predicted octanol–water partition coefficient (Wildman–Crippen LogP) is 2.81. The van der Waals surface area contributed by atoms with Crippen LogP contribution < -0.4 is 4.72 Å². The molecule has 8 heteroatoms. The Kier molecular flexibility index (Phi) is 5.92. The summed E-state index contributed by atoms with van der Waals surface area (Å²) in [5.41, 5.74) is 0. The summed E-state index contributed by atoms with van der Waals surface area (Å²) in [5, 5.41) is 0.711. The van der Waals surface area contributed by atoms with E-state index in [1.807, 2.05) is 0 Å². The first kappa shape index (κ1) is 16.2. The van der Waals surface area contributed by atoms with Crippen LogP contribution in [0.4, 0.5) is 13.2 Å². The maximum Gasteiger partial charge on any atom is 0.389 e. The maximum atomic E-state index is 11.9. The topological polar surface area (TPSA) is 46.2 Å². The number of sulfonamides is 1. The number of hydrogen-bond acceptors (Lipinski definition) is 2. The van der Waals surface area contributed by atoms with Crippen LogP contribution in [0, 0.1) is 5.92 Å². The zero-order valence-corrected chi connectivity index (χ0v) is 12.2. The zero-order chi connectivity index (χ0) is 13.8. The molecule has 1 N–H and O–H groups in total. The normalized spacial score (nSPS) is 25.6. The minimum Gasteiger partial charge on any atom is -0.212 e. The molecule has 1 aliphatic carbocycles. The van der Waals surface area contributed by atoms with Crippen molar-refractivity contribution in [2.45, 2.75) is 44.3 Å². The van der Waals surface area contributed by atoms with E-state index in [0.29, 0.717) is 5.33 Å². The smallest absolute Gasteiger partial charge is 0.212 e. The fourth-order valence-corrected chi connectivity index (χ4v) is 4.32. The van der Waals surface area contributed by atoms with Gasteiger partial charge < -0.3 is 0 Å². The van der Waals surface area contributed by atoms with Gasteiger partial charge in [0.15, 0.2) is 0 Å². The van der Waals surface area contributed by atoms with Crippen molar-refractivity contribution in [3.05, 3.63) is 0 Å². The Labute approximate surface area is 114 Å². The standard InChI is InChI=1S/C10H17BrF3NO2S/c11-7-8-3-1-4-9(8)15-18(16,17)6-2-5-10(12,13)14/h8-9,15H,1-7H2. The second-order valence-corrected chi connectivity index (χ2v) is 7.13. The van der Waals surface area contributed by atoms with Gasteiger partial charge >= 0.3 is 6.18 Å². The van der Waals surface area contributed by atoms with Gasteiger partial charge in [0.1, 0.15) is 0 Å². The van der Waals surface area contributed by atoms with Gasteiger partial charge in [0.25, 0.3) is 0 Å². The van der Waals surface area contributed by atoms with E-state index in [9.17, 15) is 21.6 Å². The summed E-state index contributed by atoms with van der Waals surface area (Å²) in [5.74, 6) is -0.222. The minimum absolute atomic E-state index is 0.139. The van der Waals surface area contributed by atoms with E-state index in [4.69, 9.17) is 0 Å². The first-order chi connectivity index (χ1) is 8.23. The molecule has 18 heavy (non-hydrogen) atoms. The lowest BCUT2D eigenvalue weighted by Gasteiger charge is -2.19. The van der Waals surface area contributed by atoms with Crippen molar-refractivity contribution in [3.63, 3.8) is 0 Å². The summed E-state index contributed by atoms with van der Waals surface area (Å²) in [6.07, 6.45) is -3.08. The monoisotopic (exact) mass is 351 g/mol. The lowest BCUT2D eigenvalue weighted by molar-refractivity contribution is -0.134. The number of nitrogens with one attached hydrogen (secondary N) is 1. The number of rotatable bonds is 6. The highest BCUT2D eigenvalue weighted by Crippen LogP contribution is 2.28. The molecule has 1 fully saturated rings. The van der Waals surface area contributed by atoms with Gasteiger partial charge in [-0.25, -0.2) is 13.1 Å². The summed E-state index contributed by atoms with van der Waals surface area (Å²) in [7, 11) is -3.60. The van der Waals surface area contributed by atoms with Gasteiger partial charge in [0.05, 0.1) is 5.75 Å². The van der Waals surface area contributed by atoms with Gasteiger partial charge in [-0.05, 0) is 25.2 Å². The lowest BCUT2D eigenvalue weighted by atomic mass is 10.1. The average Bonchev–Trinajstić information content (AvgIpc) is 2.61. The summed E-state index contributed by atoms with van der Waals surface area (Å²) < 4.78 is 61.6. The fourth-order valence-electron chi connectivity index (χ4n) is 2.13. The Bertz CT molecular complexity index is 359. The highest BCUT2D eigenvalue weighted by Gasteiger charge is 2.31. The molecule has 3 nitrogen and oxygen atoms in total. The third kappa shape index (κ3) is 5.88. The molecule has 0 bridgehead atoms. The zero-order valence-electron chi connectivity index (χ0n) is 9.84. The average molecular weight is 352 g/mol. The second kappa shape index (κ2) is 6.56. The molecule has 0 aromatic heterocycles. The van der Waals surface area contributed by atoms with Crippen molar-refractivity contribution in [3.8, 4) is 0 Å². The molecule has 0 aliphatic heterocycles. The van der Waals surface area contributed by atoms with Crippen LogP contribution in [0.15, 0.2) is 0 Å². The third-order valence-corrected chi connectivity index (χ3v) is 5.38. The van der Waals surface area contributed by atoms with Gasteiger partial charge in [-0.1, -0.05) is 22.4 Å². The molecule has 1 aliphatic rings. The number of alkyl halides is 4. The molecule has 0 aromatic rings. The maximum absolute atomic E-state index is 11.9. The highest BCUT2D eigenvalue weighted by atomic mass is 79.9. The van der Waals surface area contributed by atoms with E-state index in [0.717, 1.165) is 19.3 Å². The van der Waals surface area contributed by atoms with Gasteiger partial charge in [-0.3, -0.25) is 0 Å². The van der Waals surface area contributed by atoms with Crippen molar-refractivity contribution >= 4 is 26.0 Å². The molecule has 0 radical (unpaired) electrons. The second-order valence-electron chi connectivity index (χ2n) is 4.61. The van der Waals surface area contributed by atoms with E-state index < -0.39 is 28.4 Å². The van der Waals surface area contributed by atoms with Crippen LogP contribution in [0.25, 0.3) is 0 Å². The van der Waals surface area contributed by atoms with Crippen LogP contribution in [-0.4, -0.2) is 31.7 Å². The predicted molar refractivity (Wildman–Crippen MR) is 67.1 cm³/mol. The molecule has 2 atom stereocenters. The van der Waals surface area contributed by atoms with Crippen LogP contribution in [0.3, 0.4) is 0 Å². The Morgan fingerprint density at radius 2 is 1.94 bits per heavy atom. The first-order valence-electron chi connectivity index (χ1n) is 5.86. The number of halogens is 4. The summed E-state index contributed by atoms with van der Waals surface area (Å²) in [6, 6.07) is -0.139. The van der Waals surface area contributed by atoms with Crippen LogP contribution in [0.1, 0.15) is 32.1 Å². The summed E-state index contributed by atoms with van der Waals surface area (Å²) in [4.78, 5) is 0. The number of hydrogen-bond donors (Lipinski definition) is 1. The molecular formula is C10H17BrF3NO2S. The quantitative estimate of drug-likeness (QED) is 0.748. The van der Waals surface area contributed by atoms with E-state index >= 15 is 0 Å². The van der Waals surface area contributed by atoms with Gasteiger partial charge in [-0.15, -0.1) is 0 Å². The van der Waals surface area contributed by atoms with E-state index in [2.05, 4.69) is 20.7 Å². The molecule has 1 saturated carbocycles. The first-order valence-corrected chi connectivity index (χ1v) is 8.63. The van der Waals surface area contributed by atoms with Crippen molar-refractivity contribution < 1.29 is 21.6 Å². The molecular weight excluding hydrogens is 335 g/mol. The van der Waals surface area contributed by atoms with Crippen molar-refractivity contribution in [1.82, 2.24) is 4.72 Å². The SMILES string of the molecule is O=S(=O)(CCCC(F)(F)F)NC1CCCC1CBr. The molecule has 0 spiro atoms. The summed E-state index contributed by atoms with van der Waals surface area (Å²) >= 11 is 3.32. The molecule has 0 aromatic carbocycles. The van der Waals surface area contributed by atoms with Crippen molar-refractivity contribution in [2.24, 2.45) is 5.92 Å². The Morgan fingerprint density at radius 3 is 2.50 bits per heavy atom. The lowest BCUT2D eigenvalue weighted by Crippen LogP contribution is -2.39. The molecule has 0 heterocycles. The van der Waals surface area contributed by atoms with E-state index in [1.54, 1.807) is 0 Å². The van der Waals surface area contributed by atoms with Gasteiger partial charge in [0.2, 0.25) is 10.0 Å². The highest BCUT2D eigenvalue weighted by molar-refractivity contribution is 9.09. The van der Waals surface area contributed by atoms with Crippen molar-refractivity contribution in [2.75, 3.05) is 11.1 Å².